The van der Waals surface area contributed by atoms with E-state index < -0.39 is 0 Å². The van der Waals surface area contributed by atoms with Crippen molar-refractivity contribution in [1.29, 1.82) is 0 Å². The van der Waals surface area contributed by atoms with Gasteiger partial charge < -0.3 is 5.73 Å². The van der Waals surface area contributed by atoms with E-state index in [0.717, 1.165) is 12.2 Å². The van der Waals surface area contributed by atoms with Crippen LogP contribution in [0.25, 0.3) is 6.08 Å². The number of benzene rings is 1. The third-order valence-electron chi connectivity index (χ3n) is 2.66. The van der Waals surface area contributed by atoms with Gasteiger partial charge in [-0.25, -0.2) is 0 Å². The first-order chi connectivity index (χ1) is 7.68. The van der Waals surface area contributed by atoms with E-state index in [9.17, 15) is 0 Å². The highest BCUT2D eigenvalue weighted by Crippen LogP contribution is 2.27. The van der Waals surface area contributed by atoms with Gasteiger partial charge in [0.05, 0.1) is 5.54 Å². The maximum Gasteiger partial charge on any atom is 0.154 e. The van der Waals surface area contributed by atoms with Crippen molar-refractivity contribution in [2.75, 3.05) is 5.75 Å². The lowest BCUT2D eigenvalue weighted by Crippen LogP contribution is -2.28. The van der Waals surface area contributed by atoms with Gasteiger partial charge in [-0.1, -0.05) is 54.2 Å². The number of nitrogens with zero attached hydrogens (tertiary/aromatic N) is 1. The molecule has 0 aliphatic carbocycles. The van der Waals surface area contributed by atoms with E-state index in [-0.39, 0.29) is 5.54 Å². The summed E-state index contributed by atoms with van der Waals surface area (Å²) in [5.41, 5.74) is 6.83. The number of rotatable bonds is 2. The highest BCUT2D eigenvalue weighted by molar-refractivity contribution is 8.13. The molecule has 0 radical (unpaired) electrons. The zero-order valence-electron chi connectivity index (χ0n) is 9.39. The standard InChI is InChI=1S/C13H16N2S/c1-13(9-10-16-12(14)15-13)8-7-11-5-3-2-4-6-11/h2-8H,9-10H2,1H3,(H2,14,15)/b8-7+. The van der Waals surface area contributed by atoms with Gasteiger partial charge in [-0.2, -0.15) is 0 Å². The lowest BCUT2D eigenvalue weighted by Gasteiger charge is -2.25. The molecule has 0 saturated carbocycles. The molecule has 0 spiro atoms. The maximum atomic E-state index is 5.76. The van der Waals surface area contributed by atoms with Crippen molar-refractivity contribution in [3.63, 3.8) is 0 Å². The molecule has 1 unspecified atom stereocenters. The summed E-state index contributed by atoms with van der Waals surface area (Å²) in [5, 5.41) is 0.700. The third-order valence-corrected chi connectivity index (χ3v) is 3.45. The summed E-state index contributed by atoms with van der Waals surface area (Å²) >= 11 is 1.64. The normalized spacial score (nSPS) is 25.7. The van der Waals surface area contributed by atoms with E-state index in [2.05, 4.69) is 36.2 Å². The molecule has 0 bridgehead atoms. The molecule has 1 aromatic rings. The Balaban J connectivity index is 2.15. The van der Waals surface area contributed by atoms with E-state index in [1.54, 1.807) is 11.8 Å². The van der Waals surface area contributed by atoms with Crippen LogP contribution in [0.4, 0.5) is 0 Å². The van der Waals surface area contributed by atoms with Crippen LogP contribution in [0, 0.1) is 0 Å². The highest BCUT2D eigenvalue weighted by atomic mass is 32.2. The van der Waals surface area contributed by atoms with Gasteiger partial charge in [-0.15, -0.1) is 0 Å². The zero-order chi connectivity index (χ0) is 11.4. The lowest BCUT2D eigenvalue weighted by atomic mass is 9.98. The fourth-order valence-electron chi connectivity index (χ4n) is 1.66. The van der Waals surface area contributed by atoms with Gasteiger partial charge >= 0.3 is 0 Å². The topological polar surface area (TPSA) is 38.4 Å². The molecule has 1 heterocycles. The minimum Gasteiger partial charge on any atom is -0.379 e. The quantitative estimate of drug-likeness (QED) is 0.851. The van der Waals surface area contributed by atoms with Crippen molar-refractivity contribution in [3.8, 4) is 0 Å². The fourth-order valence-corrected chi connectivity index (χ4v) is 2.66. The second-order valence-electron chi connectivity index (χ2n) is 4.15. The third kappa shape index (κ3) is 2.89. The minimum atomic E-state index is -0.134. The Labute approximate surface area is 101 Å². The fraction of sp³-hybridized carbons (Fsp3) is 0.308. The molecular weight excluding hydrogens is 216 g/mol. The number of nitrogens with two attached hydrogens (primary N) is 1. The number of aliphatic imine (C=N–C) groups is 1. The molecule has 1 atom stereocenters. The molecule has 84 valence electrons. The molecule has 1 aromatic carbocycles. The first-order valence-corrected chi connectivity index (χ1v) is 6.39. The monoisotopic (exact) mass is 232 g/mol. The molecule has 1 aliphatic heterocycles. The first kappa shape index (κ1) is 11.3. The van der Waals surface area contributed by atoms with E-state index in [0.29, 0.717) is 5.17 Å². The van der Waals surface area contributed by atoms with Crippen LogP contribution in [0.3, 0.4) is 0 Å². The molecule has 0 aromatic heterocycles. The second-order valence-corrected chi connectivity index (χ2v) is 5.26. The largest absolute Gasteiger partial charge is 0.379 e. The van der Waals surface area contributed by atoms with Gasteiger partial charge in [0.15, 0.2) is 5.17 Å². The summed E-state index contributed by atoms with van der Waals surface area (Å²) in [6.45, 7) is 2.12. The van der Waals surface area contributed by atoms with Gasteiger partial charge in [0, 0.05) is 5.75 Å². The Hall–Kier alpha value is -1.22. The predicted molar refractivity (Wildman–Crippen MR) is 72.6 cm³/mol. The van der Waals surface area contributed by atoms with Gasteiger partial charge in [-0.05, 0) is 18.9 Å². The molecule has 2 N–H and O–H groups in total. The summed E-state index contributed by atoms with van der Waals surface area (Å²) in [5.74, 6) is 1.05. The van der Waals surface area contributed by atoms with Crippen molar-refractivity contribution < 1.29 is 0 Å². The van der Waals surface area contributed by atoms with Gasteiger partial charge in [0.25, 0.3) is 0 Å². The van der Waals surface area contributed by atoms with Gasteiger partial charge in [0.1, 0.15) is 0 Å². The SMILES string of the molecule is CC1(/C=C/c2ccccc2)CCSC(N)=N1. The van der Waals surface area contributed by atoms with Gasteiger partial charge in [0.2, 0.25) is 0 Å². The number of thioether (sulfide) groups is 1. The van der Waals surface area contributed by atoms with Crippen LogP contribution < -0.4 is 5.73 Å². The lowest BCUT2D eigenvalue weighted by molar-refractivity contribution is 0.572. The molecule has 2 nitrogen and oxygen atoms in total. The van der Waals surface area contributed by atoms with E-state index in [1.165, 1.54) is 5.56 Å². The zero-order valence-corrected chi connectivity index (χ0v) is 10.2. The van der Waals surface area contributed by atoms with E-state index >= 15 is 0 Å². The van der Waals surface area contributed by atoms with Crippen LogP contribution in [0.2, 0.25) is 0 Å². The van der Waals surface area contributed by atoms with Crippen LogP contribution in [-0.2, 0) is 0 Å². The number of hydrogen-bond acceptors (Lipinski definition) is 3. The van der Waals surface area contributed by atoms with E-state index in [4.69, 9.17) is 5.73 Å². The summed E-state index contributed by atoms with van der Waals surface area (Å²) in [7, 11) is 0. The summed E-state index contributed by atoms with van der Waals surface area (Å²) in [6, 6.07) is 10.3. The molecule has 1 aliphatic rings. The van der Waals surface area contributed by atoms with Crippen LogP contribution >= 0.6 is 11.8 Å². The van der Waals surface area contributed by atoms with Crippen LogP contribution in [0.1, 0.15) is 18.9 Å². The molecule has 0 saturated heterocycles. The molecule has 0 amide bonds. The Bertz CT molecular complexity index is 411. The Morgan fingerprint density at radius 2 is 2.12 bits per heavy atom. The van der Waals surface area contributed by atoms with Crippen molar-refractivity contribution in [1.82, 2.24) is 0 Å². The van der Waals surface area contributed by atoms with Crippen molar-refractivity contribution in [2.24, 2.45) is 10.7 Å². The minimum absolute atomic E-state index is 0.134. The Kier molecular flexibility index (Phi) is 3.34. The van der Waals surface area contributed by atoms with Gasteiger partial charge in [-0.3, -0.25) is 4.99 Å². The molecule has 3 heteroatoms. The van der Waals surface area contributed by atoms with Crippen LogP contribution in [0.15, 0.2) is 41.4 Å². The van der Waals surface area contributed by atoms with Crippen molar-refractivity contribution >= 4 is 23.0 Å². The summed E-state index contributed by atoms with van der Waals surface area (Å²) < 4.78 is 0. The second kappa shape index (κ2) is 4.74. The average molecular weight is 232 g/mol. The Morgan fingerprint density at radius 3 is 2.81 bits per heavy atom. The summed E-state index contributed by atoms with van der Waals surface area (Å²) in [4.78, 5) is 4.50. The molecule has 0 fully saturated rings. The predicted octanol–water partition coefficient (Wildman–Crippen LogP) is 2.91. The van der Waals surface area contributed by atoms with Crippen LogP contribution in [-0.4, -0.2) is 16.5 Å². The van der Waals surface area contributed by atoms with E-state index in [1.807, 2.05) is 18.2 Å². The summed E-state index contributed by atoms with van der Waals surface area (Å²) in [6.07, 6.45) is 5.31. The number of hydrogen-bond donors (Lipinski definition) is 1. The van der Waals surface area contributed by atoms with Crippen LogP contribution in [0.5, 0.6) is 0 Å². The first-order valence-electron chi connectivity index (χ1n) is 5.40. The molecular formula is C13H16N2S. The highest BCUT2D eigenvalue weighted by Gasteiger charge is 2.23. The maximum absolute atomic E-state index is 5.76. The smallest absolute Gasteiger partial charge is 0.154 e. The Morgan fingerprint density at radius 1 is 1.38 bits per heavy atom. The molecule has 2 rings (SSSR count). The van der Waals surface area contributed by atoms with Crippen molar-refractivity contribution in [2.45, 2.75) is 18.9 Å². The average Bonchev–Trinajstić information content (AvgIpc) is 2.28. The van der Waals surface area contributed by atoms with Crippen molar-refractivity contribution in [3.05, 3.63) is 42.0 Å². The molecule has 16 heavy (non-hydrogen) atoms. The number of amidine groups is 1.